The van der Waals surface area contributed by atoms with Gasteiger partial charge in [-0.3, -0.25) is 4.79 Å². The number of carbonyl (C=O) groups is 1. The van der Waals surface area contributed by atoms with Crippen molar-refractivity contribution < 1.29 is 9.53 Å². The lowest BCUT2D eigenvalue weighted by molar-refractivity contribution is 0.102. The molecule has 0 amide bonds. The van der Waals surface area contributed by atoms with Crippen molar-refractivity contribution in [3.05, 3.63) is 23.3 Å². The van der Waals surface area contributed by atoms with E-state index in [-0.39, 0.29) is 11.1 Å². The van der Waals surface area contributed by atoms with Crippen LogP contribution in [0.1, 0.15) is 15.9 Å². The highest BCUT2D eigenvalue weighted by atomic mass is 79.9. The van der Waals surface area contributed by atoms with Crippen LogP contribution in [0, 0.1) is 6.92 Å². The van der Waals surface area contributed by atoms with Gasteiger partial charge in [-0.25, -0.2) is 0 Å². The molecule has 0 radical (unpaired) electrons. The molecule has 3 nitrogen and oxygen atoms in total. The van der Waals surface area contributed by atoms with Crippen molar-refractivity contribution in [3.8, 4) is 5.75 Å². The molecular formula is C10H12BrNO2. The van der Waals surface area contributed by atoms with E-state index in [9.17, 15) is 4.79 Å². The van der Waals surface area contributed by atoms with E-state index in [0.29, 0.717) is 17.0 Å². The molecule has 0 unspecified atom stereocenters. The van der Waals surface area contributed by atoms with Gasteiger partial charge in [0.1, 0.15) is 5.75 Å². The summed E-state index contributed by atoms with van der Waals surface area (Å²) in [5, 5.41) is 0.284. The summed E-state index contributed by atoms with van der Waals surface area (Å²) in [6.45, 7) is 1.86. The summed E-state index contributed by atoms with van der Waals surface area (Å²) < 4.78 is 5.08. The summed E-state index contributed by atoms with van der Waals surface area (Å²) in [6.07, 6.45) is 0. The van der Waals surface area contributed by atoms with Crippen LogP contribution in [-0.4, -0.2) is 18.2 Å². The Morgan fingerprint density at radius 2 is 2.21 bits per heavy atom. The number of ketones is 1. The van der Waals surface area contributed by atoms with Crippen LogP contribution in [0.4, 0.5) is 5.69 Å². The predicted molar refractivity (Wildman–Crippen MR) is 60.3 cm³/mol. The first-order valence-corrected chi connectivity index (χ1v) is 5.25. The quantitative estimate of drug-likeness (QED) is 0.513. The lowest BCUT2D eigenvalue weighted by Gasteiger charge is -2.09. The number of Topliss-reactive ketones (excluding diaryl/α,β-unsaturated/α-hetero) is 1. The van der Waals surface area contributed by atoms with Crippen LogP contribution in [0.2, 0.25) is 0 Å². The van der Waals surface area contributed by atoms with Crippen molar-refractivity contribution in [1.29, 1.82) is 0 Å². The largest absolute Gasteiger partial charge is 0.496 e. The van der Waals surface area contributed by atoms with Crippen LogP contribution in [0.15, 0.2) is 12.1 Å². The highest BCUT2D eigenvalue weighted by Gasteiger charge is 2.12. The number of nitrogens with two attached hydrogens (primary N) is 1. The molecular weight excluding hydrogens is 246 g/mol. The summed E-state index contributed by atoms with van der Waals surface area (Å²) >= 11 is 3.12. The SMILES string of the molecule is COc1cc(N)c(C)cc1C(=O)CBr. The van der Waals surface area contributed by atoms with Crippen molar-refractivity contribution in [2.75, 3.05) is 18.2 Å². The zero-order valence-electron chi connectivity index (χ0n) is 8.13. The van der Waals surface area contributed by atoms with Gasteiger partial charge in [0.05, 0.1) is 18.0 Å². The van der Waals surface area contributed by atoms with E-state index in [2.05, 4.69) is 15.9 Å². The lowest BCUT2D eigenvalue weighted by atomic mass is 10.1. The van der Waals surface area contributed by atoms with Gasteiger partial charge in [0.25, 0.3) is 0 Å². The maximum atomic E-state index is 11.5. The second-order valence-electron chi connectivity index (χ2n) is 2.97. The van der Waals surface area contributed by atoms with Crippen molar-refractivity contribution in [3.63, 3.8) is 0 Å². The van der Waals surface area contributed by atoms with Crippen LogP contribution in [-0.2, 0) is 0 Å². The zero-order chi connectivity index (χ0) is 10.7. The fourth-order valence-corrected chi connectivity index (χ4v) is 1.46. The minimum atomic E-state index is -0.00931. The Hall–Kier alpha value is -1.03. The summed E-state index contributed by atoms with van der Waals surface area (Å²) in [5.41, 5.74) is 7.79. The molecule has 0 spiro atoms. The number of benzene rings is 1. The van der Waals surface area contributed by atoms with Gasteiger partial charge in [0.2, 0.25) is 0 Å². The molecule has 0 atom stereocenters. The molecule has 0 bridgehead atoms. The molecule has 0 aromatic heterocycles. The fraction of sp³-hybridized carbons (Fsp3) is 0.300. The number of rotatable bonds is 3. The summed E-state index contributed by atoms with van der Waals surface area (Å²) in [4.78, 5) is 11.5. The number of ether oxygens (including phenoxy) is 1. The van der Waals surface area contributed by atoms with Crippen molar-refractivity contribution in [1.82, 2.24) is 0 Å². The number of aryl methyl sites for hydroxylation is 1. The first-order valence-electron chi connectivity index (χ1n) is 4.13. The molecule has 0 aliphatic heterocycles. The summed E-state index contributed by atoms with van der Waals surface area (Å²) in [6, 6.07) is 3.42. The monoisotopic (exact) mass is 257 g/mol. The van der Waals surface area contributed by atoms with E-state index in [4.69, 9.17) is 10.5 Å². The maximum Gasteiger partial charge on any atom is 0.177 e. The number of anilines is 1. The van der Waals surface area contributed by atoms with Crippen LogP contribution >= 0.6 is 15.9 Å². The van der Waals surface area contributed by atoms with Crippen molar-refractivity contribution in [2.24, 2.45) is 0 Å². The van der Waals surface area contributed by atoms with Gasteiger partial charge < -0.3 is 10.5 Å². The average molecular weight is 258 g/mol. The average Bonchev–Trinajstić information content (AvgIpc) is 2.20. The van der Waals surface area contributed by atoms with E-state index < -0.39 is 0 Å². The zero-order valence-corrected chi connectivity index (χ0v) is 9.72. The second-order valence-corrected chi connectivity index (χ2v) is 3.53. The number of halogens is 1. The van der Waals surface area contributed by atoms with Gasteiger partial charge >= 0.3 is 0 Å². The molecule has 0 aliphatic rings. The van der Waals surface area contributed by atoms with Crippen molar-refractivity contribution in [2.45, 2.75) is 6.92 Å². The standard InChI is InChI=1S/C10H12BrNO2/c1-6-3-7(9(13)5-11)10(14-2)4-8(6)12/h3-4H,5,12H2,1-2H3. The molecule has 0 saturated heterocycles. The van der Waals surface area contributed by atoms with E-state index in [1.54, 1.807) is 12.1 Å². The minimum absolute atomic E-state index is 0.00931. The third-order valence-electron chi connectivity index (χ3n) is 2.01. The third-order valence-corrected chi connectivity index (χ3v) is 2.52. The number of methoxy groups -OCH3 is 1. The molecule has 14 heavy (non-hydrogen) atoms. The maximum absolute atomic E-state index is 11.5. The summed E-state index contributed by atoms with van der Waals surface area (Å²) in [5.74, 6) is 0.516. The number of nitrogen functional groups attached to an aromatic ring is 1. The Labute approximate surface area is 91.4 Å². The van der Waals surface area contributed by atoms with Crippen LogP contribution in [0.25, 0.3) is 0 Å². The number of hydrogen-bond donors (Lipinski definition) is 1. The Morgan fingerprint density at radius 1 is 1.57 bits per heavy atom. The van der Waals surface area contributed by atoms with E-state index >= 15 is 0 Å². The Bertz CT molecular complexity index is 363. The Morgan fingerprint density at radius 3 is 2.71 bits per heavy atom. The number of hydrogen-bond acceptors (Lipinski definition) is 3. The van der Waals surface area contributed by atoms with Gasteiger partial charge in [0, 0.05) is 11.8 Å². The van der Waals surface area contributed by atoms with Gasteiger partial charge in [-0.2, -0.15) is 0 Å². The predicted octanol–water partition coefficient (Wildman–Crippen LogP) is 2.16. The number of carbonyl (C=O) groups excluding carboxylic acids is 1. The Balaban J connectivity index is 3.27. The molecule has 0 saturated carbocycles. The third kappa shape index (κ3) is 2.07. The molecule has 76 valence electrons. The van der Waals surface area contributed by atoms with Crippen LogP contribution in [0.5, 0.6) is 5.75 Å². The second kappa shape index (κ2) is 4.46. The minimum Gasteiger partial charge on any atom is -0.496 e. The molecule has 1 aromatic rings. The van der Waals surface area contributed by atoms with E-state index in [1.807, 2.05) is 6.92 Å². The van der Waals surface area contributed by atoms with Crippen LogP contribution < -0.4 is 10.5 Å². The fourth-order valence-electron chi connectivity index (χ4n) is 1.16. The van der Waals surface area contributed by atoms with Gasteiger partial charge in [0.15, 0.2) is 5.78 Å². The topological polar surface area (TPSA) is 52.3 Å². The van der Waals surface area contributed by atoms with Gasteiger partial charge in [-0.05, 0) is 18.6 Å². The molecule has 4 heteroatoms. The molecule has 2 N–H and O–H groups in total. The normalized spacial score (nSPS) is 9.93. The highest BCUT2D eigenvalue weighted by molar-refractivity contribution is 9.09. The smallest absolute Gasteiger partial charge is 0.177 e. The first-order chi connectivity index (χ1) is 6.60. The molecule has 0 fully saturated rings. The molecule has 1 rings (SSSR count). The van der Waals surface area contributed by atoms with E-state index in [1.165, 1.54) is 7.11 Å². The Kier molecular flexibility index (Phi) is 3.52. The van der Waals surface area contributed by atoms with E-state index in [0.717, 1.165) is 5.56 Å². The van der Waals surface area contributed by atoms with Gasteiger partial charge in [-0.15, -0.1) is 0 Å². The number of alkyl halides is 1. The van der Waals surface area contributed by atoms with Crippen LogP contribution in [0.3, 0.4) is 0 Å². The summed E-state index contributed by atoms with van der Waals surface area (Å²) in [7, 11) is 1.52. The lowest BCUT2D eigenvalue weighted by Crippen LogP contribution is -2.05. The molecule has 1 aromatic carbocycles. The molecule has 0 heterocycles. The van der Waals surface area contributed by atoms with Crippen molar-refractivity contribution >= 4 is 27.4 Å². The molecule has 0 aliphatic carbocycles. The van der Waals surface area contributed by atoms with Gasteiger partial charge in [-0.1, -0.05) is 15.9 Å². The highest BCUT2D eigenvalue weighted by Crippen LogP contribution is 2.25. The first kappa shape index (κ1) is 11.0.